The van der Waals surface area contributed by atoms with Gasteiger partial charge in [-0.1, -0.05) is 11.6 Å². The number of amides is 1. The van der Waals surface area contributed by atoms with Crippen LogP contribution in [0, 0.1) is 17.2 Å². The van der Waals surface area contributed by atoms with Crippen molar-refractivity contribution >= 4 is 27.3 Å². The van der Waals surface area contributed by atoms with Crippen molar-refractivity contribution in [1.29, 1.82) is 5.26 Å². The number of nitrogens with one attached hydrogen (secondary N) is 1. The van der Waals surface area contributed by atoms with Crippen LogP contribution in [0.25, 0.3) is 0 Å². The van der Waals surface area contributed by atoms with E-state index in [1.54, 1.807) is 0 Å². The third-order valence-corrected chi connectivity index (χ3v) is 7.83. The van der Waals surface area contributed by atoms with Crippen LogP contribution >= 0.6 is 11.6 Å². The topological polar surface area (TPSA) is 96.3 Å². The van der Waals surface area contributed by atoms with Gasteiger partial charge in [-0.05, 0) is 44.2 Å². The van der Waals surface area contributed by atoms with Gasteiger partial charge in [0.05, 0.1) is 21.2 Å². The molecular formula is C18H18ClF3N2O4S. The van der Waals surface area contributed by atoms with E-state index in [0.29, 0.717) is 19.3 Å². The molecule has 0 aliphatic heterocycles. The van der Waals surface area contributed by atoms with Crippen molar-refractivity contribution in [3.63, 3.8) is 0 Å². The van der Waals surface area contributed by atoms with Crippen molar-refractivity contribution in [3.8, 4) is 11.8 Å². The highest BCUT2D eigenvalue weighted by Gasteiger charge is 2.47. The number of sulfone groups is 1. The SMILES string of the molecule is N#CC1(NC(=O)[C@H]2CC[C@@H](S(=O)(=O)c3ccc(OCC(F)(F)F)cc3Cl)C2)CC1. The molecule has 158 valence electrons. The molecule has 6 nitrogen and oxygen atoms in total. The summed E-state index contributed by atoms with van der Waals surface area (Å²) in [6, 6.07) is 5.32. The lowest BCUT2D eigenvalue weighted by molar-refractivity contribution is -0.153. The minimum atomic E-state index is -4.53. The first-order valence-electron chi connectivity index (χ1n) is 8.92. The molecule has 29 heavy (non-hydrogen) atoms. The van der Waals surface area contributed by atoms with Crippen LogP contribution in [0.3, 0.4) is 0 Å². The van der Waals surface area contributed by atoms with Gasteiger partial charge in [-0.2, -0.15) is 18.4 Å². The maximum absolute atomic E-state index is 12.9. The van der Waals surface area contributed by atoms with Gasteiger partial charge in [0.1, 0.15) is 11.3 Å². The van der Waals surface area contributed by atoms with E-state index in [-0.39, 0.29) is 34.4 Å². The number of carbonyl (C=O) groups is 1. The minimum absolute atomic E-state index is 0.0956. The molecule has 2 aliphatic carbocycles. The quantitative estimate of drug-likeness (QED) is 0.716. The second-order valence-corrected chi connectivity index (χ2v) is 9.96. The highest BCUT2D eigenvalue weighted by atomic mass is 35.5. The summed E-state index contributed by atoms with van der Waals surface area (Å²) in [5.41, 5.74) is -0.816. The third-order valence-electron chi connectivity index (χ3n) is 5.13. The summed E-state index contributed by atoms with van der Waals surface area (Å²) in [5, 5.41) is 10.7. The number of benzene rings is 1. The van der Waals surface area contributed by atoms with Crippen molar-refractivity contribution in [2.45, 2.75) is 54.0 Å². The number of ether oxygens (including phenoxy) is 1. The molecule has 1 amide bonds. The number of carbonyl (C=O) groups excluding carboxylic acids is 1. The largest absolute Gasteiger partial charge is 0.484 e. The molecule has 2 atom stereocenters. The molecule has 11 heteroatoms. The van der Waals surface area contributed by atoms with E-state index in [9.17, 15) is 26.4 Å². The second-order valence-electron chi connectivity index (χ2n) is 7.36. The van der Waals surface area contributed by atoms with Gasteiger partial charge < -0.3 is 10.1 Å². The van der Waals surface area contributed by atoms with Crippen LogP contribution in [-0.2, 0) is 14.6 Å². The summed E-state index contributed by atoms with van der Waals surface area (Å²) in [6.07, 6.45) is -2.64. The smallest absolute Gasteiger partial charge is 0.422 e. The van der Waals surface area contributed by atoms with Crippen LogP contribution < -0.4 is 10.1 Å². The van der Waals surface area contributed by atoms with Crippen LogP contribution in [0.5, 0.6) is 5.75 Å². The molecule has 0 aromatic heterocycles. The Morgan fingerprint density at radius 3 is 2.59 bits per heavy atom. The van der Waals surface area contributed by atoms with E-state index < -0.39 is 39.3 Å². The Bertz CT molecular complexity index is 955. The molecule has 0 unspecified atom stereocenters. The Labute approximate surface area is 170 Å². The fourth-order valence-corrected chi connectivity index (χ4v) is 5.71. The molecule has 2 fully saturated rings. The molecule has 3 rings (SSSR count). The van der Waals surface area contributed by atoms with Gasteiger partial charge in [-0.25, -0.2) is 8.42 Å². The Morgan fingerprint density at radius 1 is 1.34 bits per heavy atom. The summed E-state index contributed by atoms with van der Waals surface area (Å²) in [6.45, 7) is -1.51. The number of hydrogen-bond acceptors (Lipinski definition) is 5. The third kappa shape index (κ3) is 4.95. The molecule has 0 bridgehead atoms. The van der Waals surface area contributed by atoms with Crippen molar-refractivity contribution < 1.29 is 31.1 Å². The molecule has 2 saturated carbocycles. The number of nitrogens with zero attached hydrogens (tertiary/aromatic N) is 1. The van der Waals surface area contributed by atoms with Crippen molar-refractivity contribution in [2.75, 3.05) is 6.61 Å². The Balaban J connectivity index is 1.68. The number of hydrogen-bond donors (Lipinski definition) is 1. The minimum Gasteiger partial charge on any atom is -0.484 e. The zero-order valence-electron chi connectivity index (χ0n) is 15.1. The van der Waals surface area contributed by atoms with Crippen molar-refractivity contribution in [2.24, 2.45) is 5.92 Å². The Hall–Kier alpha value is -1.99. The van der Waals surface area contributed by atoms with E-state index >= 15 is 0 Å². The molecule has 1 N–H and O–H groups in total. The summed E-state index contributed by atoms with van der Waals surface area (Å²) >= 11 is 6.00. The van der Waals surface area contributed by atoms with Crippen molar-refractivity contribution in [1.82, 2.24) is 5.32 Å². The number of rotatable bonds is 6. The average Bonchev–Trinajstić information content (AvgIpc) is 3.21. The zero-order chi connectivity index (χ0) is 21.4. The van der Waals surface area contributed by atoms with Crippen LogP contribution in [0.4, 0.5) is 13.2 Å². The normalized spacial score (nSPS) is 23.3. The lowest BCUT2D eigenvalue weighted by Gasteiger charge is -2.16. The first-order valence-corrected chi connectivity index (χ1v) is 10.8. The van der Waals surface area contributed by atoms with E-state index in [4.69, 9.17) is 16.9 Å². The molecular weight excluding hydrogens is 433 g/mol. The van der Waals surface area contributed by atoms with Gasteiger partial charge >= 0.3 is 6.18 Å². The summed E-state index contributed by atoms with van der Waals surface area (Å²) in [4.78, 5) is 12.1. The predicted octanol–water partition coefficient (Wildman–Crippen LogP) is 3.40. The number of halogens is 4. The molecule has 0 saturated heterocycles. The molecule has 1 aromatic rings. The zero-order valence-corrected chi connectivity index (χ0v) is 16.7. The van der Waals surface area contributed by atoms with Gasteiger partial charge in [0, 0.05) is 12.0 Å². The van der Waals surface area contributed by atoms with Gasteiger partial charge in [-0.15, -0.1) is 0 Å². The van der Waals surface area contributed by atoms with Crippen LogP contribution in [0.15, 0.2) is 23.1 Å². The van der Waals surface area contributed by atoms with Gasteiger partial charge in [0.15, 0.2) is 16.4 Å². The molecule has 0 heterocycles. The fourth-order valence-electron chi connectivity index (χ4n) is 3.33. The first-order chi connectivity index (χ1) is 13.5. The molecule has 0 spiro atoms. The Kier molecular flexibility index (Phi) is 5.75. The molecule has 2 aliphatic rings. The first kappa shape index (κ1) is 21.7. The summed E-state index contributed by atoms with van der Waals surface area (Å²) in [5.74, 6) is -1.04. The standard InChI is InChI=1S/C18H18ClF3N2O4S/c19-14-8-12(28-10-18(20,21)22)2-4-15(14)29(26,27)13-3-1-11(7-13)16(25)24-17(9-23)5-6-17/h2,4,8,11,13H,1,3,5-7,10H2,(H,24,25)/t11-,13+/m0/s1. The maximum Gasteiger partial charge on any atom is 0.422 e. The maximum atomic E-state index is 12.9. The summed E-state index contributed by atoms with van der Waals surface area (Å²) in [7, 11) is -3.88. The Morgan fingerprint density at radius 2 is 2.03 bits per heavy atom. The highest BCUT2D eigenvalue weighted by Crippen LogP contribution is 2.39. The predicted molar refractivity (Wildman–Crippen MR) is 97.0 cm³/mol. The van der Waals surface area contributed by atoms with Crippen molar-refractivity contribution in [3.05, 3.63) is 23.2 Å². The fraction of sp³-hybridized carbons (Fsp3) is 0.556. The van der Waals surface area contributed by atoms with E-state index in [0.717, 1.165) is 18.2 Å². The number of alkyl halides is 3. The highest BCUT2D eigenvalue weighted by molar-refractivity contribution is 7.92. The van der Waals surface area contributed by atoms with E-state index in [2.05, 4.69) is 16.1 Å². The van der Waals surface area contributed by atoms with E-state index in [1.165, 1.54) is 0 Å². The summed E-state index contributed by atoms with van der Waals surface area (Å²) < 4.78 is 67.1. The molecule has 0 radical (unpaired) electrons. The lowest BCUT2D eigenvalue weighted by Crippen LogP contribution is -2.39. The van der Waals surface area contributed by atoms with Gasteiger partial charge in [0.25, 0.3) is 0 Å². The monoisotopic (exact) mass is 450 g/mol. The number of nitriles is 1. The van der Waals surface area contributed by atoms with Gasteiger partial charge in [-0.3, -0.25) is 4.79 Å². The van der Waals surface area contributed by atoms with E-state index in [1.807, 2.05) is 0 Å². The van der Waals surface area contributed by atoms with Crippen LogP contribution in [0.2, 0.25) is 5.02 Å². The average molecular weight is 451 g/mol. The lowest BCUT2D eigenvalue weighted by atomic mass is 10.1. The van der Waals surface area contributed by atoms with Crippen LogP contribution in [0.1, 0.15) is 32.1 Å². The molecule has 1 aromatic carbocycles. The second kappa shape index (κ2) is 7.69. The van der Waals surface area contributed by atoms with Gasteiger partial charge in [0.2, 0.25) is 5.91 Å². The van der Waals surface area contributed by atoms with Crippen LogP contribution in [-0.4, -0.2) is 37.9 Å².